The molecule has 0 bridgehead atoms. The van der Waals surface area contributed by atoms with Gasteiger partial charge in [0.15, 0.2) is 5.69 Å². The zero-order valence-corrected chi connectivity index (χ0v) is 16.7. The third-order valence-electron chi connectivity index (χ3n) is 5.32. The number of likely N-dealkylation sites (N-methyl/N-ethyl adjacent to an activating group) is 1. The Morgan fingerprint density at radius 3 is 2.59 bits per heavy atom. The minimum Gasteiger partial charge on any atom is -0.359 e. The number of para-hydroxylation sites is 1. The highest BCUT2D eigenvalue weighted by Crippen LogP contribution is 2.29. The van der Waals surface area contributed by atoms with Crippen LogP contribution in [0.2, 0.25) is 0 Å². The van der Waals surface area contributed by atoms with Crippen molar-refractivity contribution in [2.45, 2.75) is 32.6 Å². The molecular weight excluding hydrogens is 364 g/mol. The van der Waals surface area contributed by atoms with Crippen LogP contribution in [0.3, 0.4) is 0 Å². The molecule has 1 aliphatic rings. The molecular formula is C23H24N4O2. The van der Waals surface area contributed by atoms with Gasteiger partial charge in [0, 0.05) is 24.0 Å². The van der Waals surface area contributed by atoms with Gasteiger partial charge in [-0.05, 0) is 49.9 Å². The van der Waals surface area contributed by atoms with Crippen LogP contribution < -0.4 is 10.6 Å². The second-order valence-corrected chi connectivity index (χ2v) is 7.34. The number of aryl methyl sites for hydroxylation is 1. The van der Waals surface area contributed by atoms with Crippen LogP contribution in [0.5, 0.6) is 0 Å². The van der Waals surface area contributed by atoms with Gasteiger partial charge < -0.3 is 10.6 Å². The van der Waals surface area contributed by atoms with Crippen molar-refractivity contribution in [3.63, 3.8) is 0 Å². The van der Waals surface area contributed by atoms with Gasteiger partial charge in [0.2, 0.25) is 5.91 Å². The molecule has 6 heteroatoms. The zero-order valence-electron chi connectivity index (χ0n) is 16.7. The second kappa shape index (κ2) is 7.91. The summed E-state index contributed by atoms with van der Waals surface area (Å²) in [6, 6.07) is 15.5. The van der Waals surface area contributed by atoms with Crippen molar-refractivity contribution >= 4 is 17.5 Å². The van der Waals surface area contributed by atoms with Crippen molar-refractivity contribution in [1.82, 2.24) is 15.1 Å². The van der Waals surface area contributed by atoms with Gasteiger partial charge in [-0.15, -0.1) is 0 Å². The number of carbonyl (C=O) groups is 2. The number of amides is 2. The minimum absolute atomic E-state index is 0.101. The van der Waals surface area contributed by atoms with E-state index in [1.54, 1.807) is 7.05 Å². The average molecular weight is 388 g/mol. The molecule has 2 amide bonds. The lowest BCUT2D eigenvalue weighted by atomic mass is 10.1. The van der Waals surface area contributed by atoms with E-state index in [1.165, 1.54) is 5.56 Å². The molecule has 1 aromatic heterocycles. The molecule has 0 saturated heterocycles. The molecule has 0 radical (unpaired) electrons. The smallest absolute Gasteiger partial charge is 0.276 e. The number of hydrogen-bond donors (Lipinski definition) is 2. The molecule has 0 unspecified atom stereocenters. The normalized spacial score (nSPS) is 12.5. The molecule has 2 N–H and O–H groups in total. The van der Waals surface area contributed by atoms with Crippen molar-refractivity contribution in [3.05, 3.63) is 76.6 Å². The largest absolute Gasteiger partial charge is 0.359 e. The van der Waals surface area contributed by atoms with Crippen LogP contribution in [0.4, 0.5) is 5.69 Å². The van der Waals surface area contributed by atoms with E-state index in [-0.39, 0.29) is 18.2 Å². The average Bonchev–Trinajstić information content (AvgIpc) is 3.33. The summed E-state index contributed by atoms with van der Waals surface area (Å²) >= 11 is 0. The molecule has 4 rings (SSSR count). The van der Waals surface area contributed by atoms with E-state index in [1.807, 2.05) is 60.1 Å². The van der Waals surface area contributed by atoms with Crippen molar-refractivity contribution < 1.29 is 9.59 Å². The number of carbonyl (C=O) groups excluding carboxylic acids is 2. The van der Waals surface area contributed by atoms with E-state index in [2.05, 4.69) is 15.7 Å². The molecule has 3 aromatic rings. The summed E-state index contributed by atoms with van der Waals surface area (Å²) < 4.78 is 1.90. The number of aromatic nitrogens is 2. The van der Waals surface area contributed by atoms with Gasteiger partial charge in [-0.1, -0.05) is 35.9 Å². The Bertz CT molecular complexity index is 1070. The third kappa shape index (κ3) is 3.78. The molecule has 1 aliphatic carbocycles. The van der Waals surface area contributed by atoms with E-state index in [9.17, 15) is 9.59 Å². The molecule has 0 fully saturated rings. The number of benzene rings is 2. The maximum Gasteiger partial charge on any atom is 0.276 e. The fraction of sp³-hybridized carbons (Fsp3) is 0.261. The summed E-state index contributed by atoms with van der Waals surface area (Å²) in [5.41, 5.74) is 6.15. The van der Waals surface area contributed by atoms with E-state index >= 15 is 0 Å². The van der Waals surface area contributed by atoms with Gasteiger partial charge in [0.1, 0.15) is 0 Å². The minimum atomic E-state index is -0.238. The van der Waals surface area contributed by atoms with Gasteiger partial charge >= 0.3 is 0 Å². The quantitative estimate of drug-likeness (QED) is 0.705. The van der Waals surface area contributed by atoms with Crippen molar-refractivity contribution in [2.24, 2.45) is 0 Å². The van der Waals surface area contributed by atoms with Gasteiger partial charge in [-0.3, -0.25) is 9.59 Å². The van der Waals surface area contributed by atoms with Crippen LogP contribution in [0, 0.1) is 6.92 Å². The van der Waals surface area contributed by atoms with E-state index in [0.29, 0.717) is 11.4 Å². The molecule has 6 nitrogen and oxygen atoms in total. The Balaban J connectivity index is 1.65. The first kappa shape index (κ1) is 18.9. The standard InChI is InChI=1S/C23H24N4O2/c1-15-10-12-17(13-11-15)27-20-9-5-7-18(20)22(26-27)23(29)25-19-8-4-3-6-16(19)14-21(28)24-2/h3-4,6,8,10-13H,5,7,9,14H2,1-2H3,(H,24,28)(H,25,29). The van der Waals surface area contributed by atoms with E-state index in [4.69, 9.17) is 0 Å². The zero-order chi connectivity index (χ0) is 20.4. The van der Waals surface area contributed by atoms with E-state index < -0.39 is 0 Å². The van der Waals surface area contributed by atoms with Gasteiger partial charge in [0.05, 0.1) is 12.1 Å². The molecule has 0 spiro atoms. The molecule has 0 aliphatic heterocycles. The summed E-state index contributed by atoms with van der Waals surface area (Å²) in [7, 11) is 1.60. The van der Waals surface area contributed by atoms with Crippen LogP contribution in [0.15, 0.2) is 48.5 Å². The Morgan fingerprint density at radius 2 is 1.83 bits per heavy atom. The van der Waals surface area contributed by atoms with Gasteiger partial charge in [-0.2, -0.15) is 5.10 Å². The first-order chi connectivity index (χ1) is 14.1. The number of anilines is 1. The maximum absolute atomic E-state index is 13.1. The summed E-state index contributed by atoms with van der Waals surface area (Å²) in [6.45, 7) is 2.05. The number of hydrogen-bond acceptors (Lipinski definition) is 3. The Labute approximate surface area is 169 Å². The Kier molecular flexibility index (Phi) is 5.16. The number of fused-ring (bicyclic) bond motifs is 1. The van der Waals surface area contributed by atoms with Gasteiger partial charge in [-0.25, -0.2) is 4.68 Å². The van der Waals surface area contributed by atoms with Crippen molar-refractivity contribution in [3.8, 4) is 5.69 Å². The first-order valence-electron chi connectivity index (χ1n) is 9.84. The predicted molar refractivity (Wildman–Crippen MR) is 112 cm³/mol. The van der Waals surface area contributed by atoms with Crippen molar-refractivity contribution in [1.29, 1.82) is 0 Å². The van der Waals surface area contributed by atoms with Crippen LogP contribution in [-0.2, 0) is 24.1 Å². The van der Waals surface area contributed by atoms with Crippen LogP contribution >= 0.6 is 0 Å². The lowest BCUT2D eigenvalue weighted by Crippen LogP contribution is -2.21. The highest BCUT2D eigenvalue weighted by molar-refractivity contribution is 6.05. The number of nitrogens with one attached hydrogen (secondary N) is 2. The fourth-order valence-corrected chi connectivity index (χ4v) is 3.76. The number of nitrogens with zero attached hydrogens (tertiary/aromatic N) is 2. The molecule has 0 saturated carbocycles. The van der Waals surface area contributed by atoms with Crippen LogP contribution in [0.25, 0.3) is 5.69 Å². The number of rotatable bonds is 5. The topological polar surface area (TPSA) is 76.0 Å². The summed E-state index contributed by atoms with van der Waals surface area (Å²) in [5.74, 6) is -0.338. The van der Waals surface area contributed by atoms with Crippen LogP contribution in [0.1, 0.15) is 39.3 Å². The highest BCUT2D eigenvalue weighted by atomic mass is 16.2. The lowest BCUT2D eigenvalue weighted by molar-refractivity contribution is -0.119. The maximum atomic E-state index is 13.1. The SMILES string of the molecule is CNC(=O)Cc1ccccc1NC(=O)c1nn(-c2ccc(C)cc2)c2c1CCC2. The second-order valence-electron chi connectivity index (χ2n) is 7.34. The van der Waals surface area contributed by atoms with Gasteiger partial charge in [0.25, 0.3) is 5.91 Å². The third-order valence-corrected chi connectivity index (χ3v) is 5.32. The molecule has 29 heavy (non-hydrogen) atoms. The van der Waals surface area contributed by atoms with E-state index in [0.717, 1.165) is 41.8 Å². The monoisotopic (exact) mass is 388 g/mol. The molecule has 0 atom stereocenters. The molecule has 148 valence electrons. The Morgan fingerprint density at radius 1 is 1.07 bits per heavy atom. The fourth-order valence-electron chi connectivity index (χ4n) is 3.76. The Hall–Kier alpha value is -3.41. The highest BCUT2D eigenvalue weighted by Gasteiger charge is 2.27. The predicted octanol–water partition coefficient (Wildman–Crippen LogP) is 3.21. The lowest BCUT2D eigenvalue weighted by Gasteiger charge is -2.10. The summed E-state index contributed by atoms with van der Waals surface area (Å²) in [4.78, 5) is 24.9. The summed E-state index contributed by atoms with van der Waals surface area (Å²) in [6.07, 6.45) is 3.00. The first-order valence-corrected chi connectivity index (χ1v) is 9.84. The van der Waals surface area contributed by atoms with Crippen LogP contribution in [-0.4, -0.2) is 28.6 Å². The summed E-state index contributed by atoms with van der Waals surface area (Å²) in [5, 5.41) is 10.2. The molecule has 2 aromatic carbocycles. The van der Waals surface area contributed by atoms with Crippen molar-refractivity contribution in [2.75, 3.05) is 12.4 Å². The molecule has 1 heterocycles.